The number of fused-ring (bicyclic) bond motifs is 1. The zero-order valence-electron chi connectivity index (χ0n) is 12.9. The SMILES string of the molecule is COC(CCNC(=O)N1C[C@@H]2CCC[C@@]2(C(=O)O)C1)C(F)(F)F. The Balaban J connectivity index is 1.85. The number of carbonyl (C=O) groups is 2. The molecule has 1 heterocycles. The highest BCUT2D eigenvalue weighted by molar-refractivity contribution is 5.80. The summed E-state index contributed by atoms with van der Waals surface area (Å²) in [4.78, 5) is 25.0. The van der Waals surface area contributed by atoms with Crippen LogP contribution in [0.3, 0.4) is 0 Å². The van der Waals surface area contributed by atoms with Gasteiger partial charge in [0.2, 0.25) is 0 Å². The Morgan fingerprint density at radius 1 is 1.48 bits per heavy atom. The molecule has 1 aliphatic carbocycles. The third kappa shape index (κ3) is 3.54. The van der Waals surface area contributed by atoms with E-state index in [2.05, 4.69) is 10.1 Å². The molecule has 1 saturated carbocycles. The van der Waals surface area contributed by atoms with Gasteiger partial charge in [-0.15, -0.1) is 0 Å². The van der Waals surface area contributed by atoms with Crippen LogP contribution >= 0.6 is 0 Å². The summed E-state index contributed by atoms with van der Waals surface area (Å²) in [6.07, 6.45) is -4.66. The second-order valence-corrected chi connectivity index (χ2v) is 6.22. The summed E-state index contributed by atoms with van der Waals surface area (Å²) in [5.41, 5.74) is -0.891. The largest absolute Gasteiger partial charge is 0.481 e. The number of ether oxygens (including phenoxy) is 1. The van der Waals surface area contributed by atoms with Crippen molar-refractivity contribution in [2.24, 2.45) is 11.3 Å². The minimum atomic E-state index is -4.47. The first-order chi connectivity index (χ1) is 10.7. The molecular weight excluding hydrogens is 317 g/mol. The van der Waals surface area contributed by atoms with Crippen molar-refractivity contribution in [2.75, 3.05) is 26.7 Å². The highest BCUT2D eigenvalue weighted by Crippen LogP contribution is 2.48. The molecule has 2 amide bonds. The van der Waals surface area contributed by atoms with Gasteiger partial charge in [-0.1, -0.05) is 6.42 Å². The number of likely N-dealkylation sites (tertiary alicyclic amines) is 1. The Labute approximate surface area is 132 Å². The molecule has 6 nitrogen and oxygen atoms in total. The number of aliphatic carboxylic acids is 1. The average Bonchev–Trinajstić information content (AvgIpc) is 2.99. The van der Waals surface area contributed by atoms with E-state index in [1.54, 1.807) is 0 Å². The topological polar surface area (TPSA) is 78.9 Å². The Bertz CT molecular complexity index is 471. The number of amides is 2. The van der Waals surface area contributed by atoms with Gasteiger partial charge in [0.25, 0.3) is 0 Å². The Hall–Kier alpha value is -1.51. The summed E-state index contributed by atoms with van der Waals surface area (Å²) in [6.45, 7) is 0.273. The van der Waals surface area contributed by atoms with Crippen LogP contribution in [0.25, 0.3) is 0 Å². The number of hydrogen-bond donors (Lipinski definition) is 2. The van der Waals surface area contributed by atoms with Crippen LogP contribution in [-0.2, 0) is 9.53 Å². The number of alkyl halides is 3. The van der Waals surface area contributed by atoms with Gasteiger partial charge in [0.05, 0.1) is 5.41 Å². The molecule has 2 rings (SSSR count). The summed E-state index contributed by atoms with van der Waals surface area (Å²) in [5.74, 6) is -0.973. The first-order valence-corrected chi connectivity index (χ1v) is 7.56. The highest BCUT2D eigenvalue weighted by Gasteiger charge is 2.55. The fourth-order valence-corrected chi connectivity index (χ4v) is 3.63. The standard InChI is InChI=1S/C14H21F3N2O4/c1-23-10(14(15,16)17)4-6-18-12(22)19-7-9-3-2-5-13(9,8-19)11(20)21/h9-10H,2-8H2,1H3,(H,18,22)(H,20,21)/t9-,10?,13+/m0/s1. The number of urea groups is 1. The lowest BCUT2D eigenvalue weighted by atomic mass is 9.81. The minimum Gasteiger partial charge on any atom is -0.481 e. The molecule has 1 unspecified atom stereocenters. The van der Waals surface area contributed by atoms with Gasteiger partial charge in [-0.25, -0.2) is 4.79 Å². The number of hydrogen-bond acceptors (Lipinski definition) is 3. The van der Waals surface area contributed by atoms with Crippen LogP contribution in [0.2, 0.25) is 0 Å². The van der Waals surface area contributed by atoms with Crippen LogP contribution < -0.4 is 5.32 Å². The molecule has 0 aromatic carbocycles. The molecular formula is C14H21F3N2O4. The molecule has 2 fully saturated rings. The van der Waals surface area contributed by atoms with Crippen molar-refractivity contribution < 1.29 is 32.6 Å². The van der Waals surface area contributed by atoms with Gasteiger partial charge in [-0.3, -0.25) is 4.79 Å². The first kappa shape index (κ1) is 17.8. The summed E-state index contributed by atoms with van der Waals surface area (Å²) >= 11 is 0. The number of carboxylic acids is 1. The lowest BCUT2D eigenvalue weighted by Gasteiger charge is -2.24. The first-order valence-electron chi connectivity index (χ1n) is 7.56. The van der Waals surface area contributed by atoms with Crippen molar-refractivity contribution in [3.63, 3.8) is 0 Å². The third-order valence-electron chi connectivity index (χ3n) is 4.92. The predicted octanol–water partition coefficient (Wildman–Crippen LogP) is 1.85. The molecule has 1 aliphatic heterocycles. The Kier molecular flexibility index (Phi) is 5.07. The van der Waals surface area contributed by atoms with Crippen molar-refractivity contribution in [3.05, 3.63) is 0 Å². The lowest BCUT2D eigenvalue weighted by molar-refractivity contribution is -0.213. The summed E-state index contributed by atoms with van der Waals surface area (Å²) in [6, 6.07) is -0.517. The fourth-order valence-electron chi connectivity index (χ4n) is 3.63. The van der Waals surface area contributed by atoms with Crippen molar-refractivity contribution in [2.45, 2.75) is 38.0 Å². The maximum absolute atomic E-state index is 12.5. The van der Waals surface area contributed by atoms with E-state index in [4.69, 9.17) is 0 Å². The normalized spacial score (nSPS) is 28.5. The number of carbonyl (C=O) groups excluding carboxylic acids is 1. The van der Waals surface area contributed by atoms with E-state index in [9.17, 15) is 27.9 Å². The molecule has 9 heteroatoms. The average molecular weight is 338 g/mol. The molecule has 2 aliphatic rings. The summed E-state index contributed by atoms with van der Waals surface area (Å²) in [5, 5.41) is 11.9. The van der Waals surface area contributed by atoms with Gasteiger partial charge in [0, 0.05) is 26.7 Å². The van der Waals surface area contributed by atoms with Crippen LogP contribution in [0.1, 0.15) is 25.7 Å². The van der Waals surface area contributed by atoms with Crippen molar-refractivity contribution >= 4 is 12.0 Å². The van der Waals surface area contributed by atoms with Crippen molar-refractivity contribution in [1.29, 1.82) is 0 Å². The molecule has 2 N–H and O–H groups in total. The van der Waals surface area contributed by atoms with E-state index in [-0.39, 0.29) is 25.4 Å². The van der Waals surface area contributed by atoms with Crippen LogP contribution in [0.15, 0.2) is 0 Å². The summed E-state index contributed by atoms with van der Waals surface area (Å²) in [7, 11) is 0.970. The van der Waals surface area contributed by atoms with Crippen LogP contribution in [0.5, 0.6) is 0 Å². The van der Waals surface area contributed by atoms with Gasteiger partial charge in [-0.2, -0.15) is 13.2 Å². The van der Waals surface area contributed by atoms with E-state index < -0.39 is 29.7 Å². The molecule has 0 radical (unpaired) electrons. The van der Waals surface area contributed by atoms with Crippen molar-refractivity contribution in [1.82, 2.24) is 10.2 Å². The number of halogens is 3. The Morgan fingerprint density at radius 2 is 2.17 bits per heavy atom. The molecule has 0 spiro atoms. The van der Waals surface area contributed by atoms with Gasteiger partial charge in [-0.05, 0) is 25.2 Å². The number of carboxylic acid groups (broad SMARTS) is 1. The van der Waals surface area contributed by atoms with E-state index in [0.29, 0.717) is 13.0 Å². The molecule has 3 atom stereocenters. The number of nitrogens with one attached hydrogen (secondary N) is 1. The summed E-state index contributed by atoms with van der Waals surface area (Å²) < 4.78 is 41.9. The van der Waals surface area contributed by atoms with Gasteiger partial charge in [0.15, 0.2) is 6.10 Å². The minimum absolute atomic E-state index is 0.0763. The van der Waals surface area contributed by atoms with E-state index >= 15 is 0 Å². The quantitative estimate of drug-likeness (QED) is 0.802. The maximum atomic E-state index is 12.5. The monoisotopic (exact) mass is 338 g/mol. The van der Waals surface area contributed by atoms with Crippen LogP contribution in [0.4, 0.5) is 18.0 Å². The van der Waals surface area contributed by atoms with E-state index in [1.165, 1.54) is 4.90 Å². The maximum Gasteiger partial charge on any atom is 0.414 e. The predicted molar refractivity (Wildman–Crippen MR) is 73.9 cm³/mol. The second kappa shape index (κ2) is 6.54. The van der Waals surface area contributed by atoms with Crippen LogP contribution in [0, 0.1) is 11.3 Å². The molecule has 0 aromatic rings. The number of rotatable bonds is 5. The lowest BCUT2D eigenvalue weighted by Crippen LogP contribution is -2.43. The van der Waals surface area contributed by atoms with Gasteiger partial charge >= 0.3 is 18.2 Å². The molecule has 132 valence electrons. The second-order valence-electron chi connectivity index (χ2n) is 6.22. The highest BCUT2D eigenvalue weighted by atomic mass is 19.4. The number of methoxy groups -OCH3 is 1. The number of nitrogens with zero attached hydrogens (tertiary/aromatic N) is 1. The smallest absolute Gasteiger partial charge is 0.414 e. The van der Waals surface area contributed by atoms with Gasteiger partial charge in [0.1, 0.15) is 0 Å². The zero-order chi connectivity index (χ0) is 17.3. The molecule has 0 bridgehead atoms. The van der Waals surface area contributed by atoms with E-state index in [1.807, 2.05) is 0 Å². The van der Waals surface area contributed by atoms with Gasteiger partial charge < -0.3 is 20.1 Å². The zero-order valence-corrected chi connectivity index (χ0v) is 12.9. The fraction of sp³-hybridized carbons (Fsp3) is 0.857. The Morgan fingerprint density at radius 3 is 2.70 bits per heavy atom. The third-order valence-corrected chi connectivity index (χ3v) is 4.92. The molecule has 0 aromatic heterocycles. The molecule has 23 heavy (non-hydrogen) atoms. The van der Waals surface area contributed by atoms with E-state index in [0.717, 1.165) is 20.0 Å². The van der Waals surface area contributed by atoms with Crippen LogP contribution in [-0.4, -0.2) is 61.0 Å². The molecule has 1 saturated heterocycles. The van der Waals surface area contributed by atoms with Crippen molar-refractivity contribution in [3.8, 4) is 0 Å².